The first-order chi connectivity index (χ1) is 9.78. The Labute approximate surface area is 120 Å². The molecule has 3 rings (SSSR count). The second-order valence-corrected chi connectivity index (χ2v) is 5.73. The summed E-state index contributed by atoms with van der Waals surface area (Å²) in [6, 6.07) is 10.9. The Morgan fingerprint density at radius 1 is 1.25 bits per heavy atom. The zero-order valence-corrected chi connectivity index (χ0v) is 12.2. The van der Waals surface area contributed by atoms with E-state index in [-0.39, 0.29) is 6.04 Å². The molecular weight excluding hydrogens is 246 g/mol. The zero-order chi connectivity index (χ0) is 13.9. The predicted molar refractivity (Wildman–Crippen MR) is 85.2 cm³/mol. The molecular formula is C17H23N3. The first-order valence-electron chi connectivity index (χ1n) is 7.67. The molecule has 0 aliphatic carbocycles. The number of benzene rings is 1. The van der Waals surface area contributed by atoms with Crippen molar-refractivity contribution in [2.24, 2.45) is 5.73 Å². The smallest absolute Gasteiger partial charge is 0.132 e. The van der Waals surface area contributed by atoms with Gasteiger partial charge < -0.3 is 10.6 Å². The fourth-order valence-corrected chi connectivity index (χ4v) is 2.93. The normalized spacial score (nSPS) is 16.8. The average molecular weight is 269 g/mol. The topological polar surface area (TPSA) is 42.1 Å². The third-order valence-corrected chi connectivity index (χ3v) is 4.19. The number of hydrogen-bond acceptors (Lipinski definition) is 3. The van der Waals surface area contributed by atoms with Gasteiger partial charge in [0.15, 0.2) is 0 Å². The highest BCUT2D eigenvalue weighted by Gasteiger charge is 2.19. The van der Waals surface area contributed by atoms with Crippen molar-refractivity contribution < 1.29 is 0 Å². The number of hydrogen-bond donors (Lipinski definition) is 1. The minimum absolute atomic E-state index is 0.222. The minimum atomic E-state index is 0.222. The van der Waals surface area contributed by atoms with Crippen molar-refractivity contribution in [1.82, 2.24) is 4.98 Å². The summed E-state index contributed by atoms with van der Waals surface area (Å²) < 4.78 is 0. The molecule has 0 saturated carbocycles. The monoisotopic (exact) mass is 269 g/mol. The third-order valence-electron chi connectivity index (χ3n) is 4.19. The SMILES string of the molecule is CCC(N)Cc1cc2ccccc2nc1N1CCCC1. The van der Waals surface area contributed by atoms with E-state index < -0.39 is 0 Å². The molecule has 106 valence electrons. The van der Waals surface area contributed by atoms with Crippen LogP contribution in [0.4, 0.5) is 5.82 Å². The summed E-state index contributed by atoms with van der Waals surface area (Å²) in [7, 11) is 0. The second-order valence-electron chi connectivity index (χ2n) is 5.73. The fraction of sp³-hybridized carbons (Fsp3) is 0.471. The lowest BCUT2D eigenvalue weighted by molar-refractivity contribution is 0.644. The number of nitrogens with two attached hydrogens (primary N) is 1. The Balaban J connectivity index is 2.05. The second kappa shape index (κ2) is 5.80. The van der Waals surface area contributed by atoms with Gasteiger partial charge in [0.05, 0.1) is 5.52 Å². The van der Waals surface area contributed by atoms with Crippen molar-refractivity contribution in [3.8, 4) is 0 Å². The Morgan fingerprint density at radius 3 is 2.75 bits per heavy atom. The number of anilines is 1. The highest BCUT2D eigenvalue weighted by atomic mass is 15.2. The molecule has 0 spiro atoms. The van der Waals surface area contributed by atoms with Gasteiger partial charge in [-0.2, -0.15) is 0 Å². The van der Waals surface area contributed by atoms with E-state index >= 15 is 0 Å². The van der Waals surface area contributed by atoms with Gasteiger partial charge in [-0.3, -0.25) is 0 Å². The maximum absolute atomic E-state index is 6.17. The number of fused-ring (bicyclic) bond motifs is 1. The molecule has 1 atom stereocenters. The predicted octanol–water partition coefficient (Wildman–Crippen LogP) is 3.11. The van der Waals surface area contributed by atoms with Gasteiger partial charge in [0.2, 0.25) is 0 Å². The number of rotatable bonds is 4. The van der Waals surface area contributed by atoms with Gasteiger partial charge in [0.25, 0.3) is 0 Å². The third kappa shape index (κ3) is 2.63. The maximum Gasteiger partial charge on any atom is 0.132 e. The van der Waals surface area contributed by atoms with Crippen LogP contribution < -0.4 is 10.6 Å². The van der Waals surface area contributed by atoms with Crippen LogP contribution >= 0.6 is 0 Å². The Bertz CT molecular complexity index is 588. The van der Waals surface area contributed by atoms with E-state index in [1.54, 1.807) is 0 Å². The number of nitrogens with zero attached hydrogens (tertiary/aromatic N) is 2. The molecule has 1 aliphatic rings. The van der Waals surface area contributed by atoms with Gasteiger partial charge in [0.1, 0.15) is 5.82 Å². The molecule has 3 nitrogen and oxygen atoms in total. The summed E-state index contributed by atoms with van der Waals surface area (Å²) in [6.07, 6.45) is 4.47. The summed E-state index contributed by atoms with van der Waals surface area (Å²) in [5.74, 6) is 1.16. The van der Waals surface area contributed by atoms with Gasteiger partial charge in [0, 0.05) is 24.5 Å². The highest BCUT2D eigenvalue weighted by Crippen LogP contribution is 2.27. The van der Waals surface area contributed by atoms with Crippen molar-refractivity contribution >= 4 is 16.7 Å². The van der Waals surface area contributed by atoms with E-state index in [4.69, 9.17) is 10.7 Å². The van der Waals surface area contributed by atoms with E-state index in [2.05, 4.69) is 42.2 Å². The molecule has 1 fully saturated rings. The van der Waals surface area contributed by atoms with Crippen LogP contribution in [-0.2, 0) is 6.42 Å². The van der Waals surface area contributed by atoms with Crippen LogP contribution in [0.1, 0.15) is 31.7 Å². The molecule has 20 heavy (non-hydrogen) atoms. The summed E-state index contributed by atoms with van der Waals surface area (Å²) in [5.41, 5.74) is 8.56. The molecule has 2 aromatic rings. The van der Waals surface area contributed by atoms with Gasteiger partial charge >= 0.3 is 0 Å². The molecule has 3 heteroatoms. The molecule has 1 saturated heterocycles. The standard InChI is InChI=1S/C17H23N3/c1-2-15(18)12-14-11-13-7-3-4-8-16(13)19-17(14)20-9-5-6-10-20/h3-4,7-8,11,15H,2,5-6,9-10,12,18H2,1H3. The van der Waals surface area contributed by atoms with E-state index in [9.17, 15) is 0 Å². The minimum Gasteiger partial charge on any atom is -0.356 e. The first kappa shape index (κ1) is 13.4. The zero-order valence-electron chi connectivity index (χ0n) is 12.2. The van der Waals surface area contributed by atoms with Crippen LogP contribution in [0.3, 0.4) is 0 Å². The Morgan fingerprint density at radius 2 is 2.00 bits per heavy atom. The first-order valence-corrected chi connectivity index (χ1v) is 7.67. The van der Waals surface area contributed by atoms with E-state index in [0.29, 0.717) is 0 Å². The number of pyridine rings is 1. The van der Waals surface area contributed by atoms with Gasteiger partial charge in [-0.25, -0.2) is 4.98 Å². The van der Waals surface area contributed by atoms with Gasteiger partial charge in [-0.1, -0.05) is 25.1 Å². The van der Waals surface area contributed by atoms with E-state index in [0.717, 1.165) is 37.3 Å². The molecule has 0 amide bonds. The summed E-state index contributed by atoms with van der Waals surface area (Å²) in [5, 5.41) is 1.22. The van der Waals surface area contributed by atoms with Gasteiger partial charge in [-0.15, -0.1) is 0 Å². The molecule has 1 aliphatic heterocycles. The van der Waals surface area contributed by atoms with Crippen molar-refractivity contribution in [1.29, 1.82) is 0 Å². The Kier molecular flexibility index (Phi) is 3.88. The molecule has 2 N–H and O–H groups in total. The van der Waals surface area contributed by atoms with Crippen molar-refractivity contribution in [2.75, 3.05) is 18.0 Å². The molecule has 2 heterocycles. The van der Waals surface area contributed by atoms with Crippen LogP contribution in [0.25, 0.3) is 10.9 Å². The van der Waals surface area contributed by atoms with Crippen LogP contribution in [-0.4, -0.2) is 24.1 Å². The largest absolute Gasteiger partial charge is 0.356 e. The van der Waals surface area contributed by atoms with Crippen LogP contribution in [0.2, 0.25) is 0 Å². The van der Waals surface area contributed by atoms with Crippen LogP contribution in [0, 0.1) is 0 Å². The average Bonchev–Trinajstić information content (AvgIpc) is 3.00. The number of aromatic nitrogens is 1. The van der Waals surface area contributed by atoms with E-state index in [1.807, 2.05) is 0 Å². The Hall–Kier alpha value is -1.61. The van der Waals surface area contributed by atoms with Crippen LogP contribution in [0.15, 0.2) is 30.3 Å². The van der Waals surface area contributed by atoms with Crippen molar-refractivity contribution in [3.63, 3.8) is 0 Å². The molecule has 1 aromatic heterocycles. The molecule has 1 unspecified atom stereocenters. The van der Waals surface area contributed by atoms with Crippen LogP contribution in [0.5, 0.6) is 0 Å². The lowest BCUT2D eigenvalue weighted by Gasteiger charge is -2.22. The van der Waals surface area contributed by atoms with E-state index in [1.165, 1.54) is 23.8 Å². The fourth-order valence-electron chi connectivity index (χ4n) is 2.93. The number of para-hydroxylation sites is 1. The molecule has 1 aromatic carbocycles. The quantitative estimate of drug-likeness (QED) is 0.927. The lowest BCUT2D eigenvalue weighted by atomic mass is 10.0. The highest BCUT2D eigenvalue weighted by molar-refractivity contribution is 5.82. The summed E-state index contributed by atoms with van der Waals surface area (Å²) in [4.78, 5) is 7.34. The van der Waals surface area contributed by atoms with Crippen molar-refractivity contribution in [2.45, 2.75) is 38.6 Å². The summed E-state index contributed by atoms with van der Waals surface area (Å²) >= 11 is 0. The summed E-state index contributed by atoms with van der Waals surface area (Å²) in [6.45, 7) is 4.40. The molecule has 0 radical (unpaired) electrons. The lowest BCUT2D eigenvalue weighted by Crippen LogP contribution is -2.25. The molecule has 0 bridgehead atoms. The van der Waals surface area contributed by atoms with Gasteiger partial charge in [-0.05, 0) is 43.4 Å². The van der Waals surface area contributed by atoms with Crippen molar-refractivity contribution in [3.05, 3.63) is 35.9 Å². The maximum atomic E-state index is 6.17.